The summed E-state index contributed by atoms with van der Waals surface area (Å²) in [5, 5.41) is 2.61. The van der Waals surface area contributed by atoms with E-state index in [1.54, 1.807) is 0 Å². The lowest BCUT2D eigenvalue weighted by Gasteiger charge is -2.21. The van der Waals surface area contributed by atoms with Crippen molar-refractivity contribution in [2.24, 2.45) is 0 Å². The number of benzene rings is 1. The molecular weight excluding hydrogens is 292 g/mol. The molecule has 1 unspecified atom stereocenters. The van der Waals surface area contributed by atoms with Crippen molar-refractivity contribution in [3.8, 4) is 11.5 Å². The van der Waals surface area contributed by atoms with Crippen molar-refractivity contribution in [1.82, 2.24) is 5.32 Å². The zero-order chi connectivity index (χ0) is 15.6. The van der Waals surface area contributed by atoms with Crippen LogP contribution < -0.4 is 14.8 Å². The van der Waals surface area contributed by atoms with Gasteiger partial charge < -0.3 is 14.8 Å². The maximum Gasteiger partial charge on any atom is 0.573 e. The average Bonchev–Trinajstić information content (AvgIpc) is 2.26. The molecule has 0 aliphatic rings. The van der Waals surface area contributed by atoms with Gasteiger partial charge in [0, 0.05) is 11.6 Å². The minimum Gasteiger partial charge on any atom is -0.402 e. The van der Waals surface area contributed by atoms with Gasteiger partial charge in [-0.15, -0.1) is 26.3 Å². The summed E-state index contributed by atoms with van der Waals surface area (Å²) >= 11 is 0. The van der Waals surface area contributed by atoms with Crippen LogP contribution in [-0.2, 0) is 0 Å². The zero-order valence-corrected chi connectivity index (χ0v) is 10.4. The Bertz CT molecular complexity index is 457. The lowest BCUT2D eigenvalue weighted by atomic mass is 10.1. The first-order valence-corrected chi connectivity index (χ1v) is 5.35. The van der Waals surface area contributed by atoms with Gasteiger partial charge >= 0.3 is 12.7 Å². The molecule has 1 aromatic carbocycles. The van der Waals surface area contributed by atoms with Crippen molar-refractivity contribution in [3.05, 3.63) is 23.8 Å². The van der Waals surface area contributed by atoms with Gasteiger partial charge in [-0.3, -0.25) is 0 Å². The number of halogens is 6. The first kappa shape index (κ1) is 16.4. The lowest BCUT2D eigenvalue weighted by molar-refractivity contribution is -0.287. The van der Waals surface area contributed by atoms with Crippen LogP contribution in [-0.4, -0.2) is 19.8 Å². The van der Waals surface area contributed by atoms with Gasteiger partial charge in [0.1, 0.15) is 0 Å². The van der Waals surface area contributed by atoms with E-state index in [9.17, 15) is 26.3 Å². The van der Waals surface area contributed by atoms with E-state index in [1.807, 2.05) is 0 Å². The quantitative estimate of drug-likeness (QED) is 0.859. The molecule has 9 heteroatoms. The van der Waals surface area contributed by atoms with Crippen LogP contribution >= 0.6 is 0 Å². The molecule has 0 heterocycles. The van der Waals surface area contributed by atoms with Crippen LogP contribution in [0.3, 0.4) is 0 Å². The van der Waals surface area contributed by atoms with Crippen LogP contribution in [0.25, 0.3) is 0 Å². The fraction of sp³-hybridized carbons (Fsp3) is 0.455. The Morgan fingerprint density at radius 3 is 2.00 bits per heavy atom. The number of hydrogen-bond donors (Lipinski definition) is 1. The van der Waals surface area contributed by atoms with Crippen LogP contribution in [0.4, 0.5) is 26.3 Å². The maximum atomic E-state index is 12.3. The SMILES string of the molecule is CNC(C)c1cccc(OC(F)(F)F)c1OC(F)(F)F. The smallest absolute Gasteiger partial charge is 0.402 e. The summed E-state index contributed by atoms with van der Waals surface area (Å²) in [7, 11) is 1.44. The van der Waals surface area contributed by atoms with Crippen LogP contribution in [0.15, 0.2) is 18.2 Å². The summed E-state index contributed by atoms with van der Waals surface area (Å²) in [5.41, 5.74) is -0.105. The normalized spacial score (nSPS) is 14.0. The average molecular weight is 303 g/mol. The second kappa shape index (κ2) is 5.78. The molecule has 0 aliphatic carbocycles. The van der Waals surface area contributed by atoms with Crippen LogP contribution in [0, 0.1) is 0 Å². The van der Waals surface area contributed by atoms with Gasteiger partial charge in [0.25, 0.3) is 0 Å². The molecule has 0 aromatic heterocycles. The third kappa shape index (κ3) is 4.80. The van der Waals surface area contributed by atoms with Crippen molar-refractivity contribution >= 4 is 0 Å². The predicted octanol–water partition coefficient (Wildman–Crippen LogP) is 3.76. The summed E-state index contributed by atoms with van der Waals surface area (Å²) < 4.78 is 80.8. The third-order valence-corrected chi connectivity index (χ3v) is 2.35. The van der Waals surface area contributed by atoms with Crippen molar-refractivity contribution in [2.45, 2.75) is 25.7 Å². The third-order valence-electron chi connectivity index (χ3n) is 2.35. The zero-order valence-electron chi connectivity index (χ0n) is 10.4. The van der Waals surface area contributed by atoms with Crippen LogP contribution in [0.1, 0.15) is 18.5 Å². The molecule has 0 amide bonds. The first-order chi connectivity index (χ1) is 9.03. The van der Waals surface area contributed by atoms with E-state index in [0.29, 0.717) is 0 Å². The fourth-order valence-corrected chi connectivity index (χ4v) is 1.46. The van der Waals surface area contributed by atoms with E-state index in [0.717, 1.165) is 12.1 Å². The van der Waals surface area contributed by atoms with Gasteiger partial charge in [0.2, 0.25) is 0 Å². The number of nitrogens with one attached hydrogen (secondary N) is 1. The standard InChI is InChI=1S/C11H11F6NO2/c1-6(18-2)7-4-3-5-8(19-10(12,13)14)9(7)20-11(15,16)17/h3-6,18H,1-2H3. The molecule has 1 rings (SSSR count). The number of rotatable bonds is 4. The van der Waals surface area contributed by atoms with Gasteiger partial charge in [-0.05, 0) is 20.0 Å². The molecule has 3 nitrogen and oxygen atoms in total. The van der Waals surface area contributed by atoms with Crippen molar-refractivity contribution in [2.75, 3.05) is 7.05 Å². The summed E-state index contributed by atoms with van der Waals surface area (Å²) in [6.07, 6.45) is -10.3. The Hall–Kier alpha value is -1.64. The Labute approximate surface area is 110 Å². The number of alkyl halides is 6. The maximum absolute atomic E-state index is 12.3. The van der Waals surface area contributed by atoms with E-state index in [2.05, 4.69) is 14.8 Å². The predicted molar refractivity (Wildman–Crippen MR) is 57.3 cm³/mol. The minimum absolute atomic E-state index is 0.105. The summed E-state index contributed by atoms with van der Waals surface area (Å²) in [5.74, 6) is -2.06. The Morgan fingerprint density at radius 2 is 1.55 bits per heavy atom. The highest BCUT2D eigenvalue weighted by atomic mass is 19.4. The largest absolute Gasteiger partial charge is 0.573 e. The molecule has 0 bridgehead atoms. The molecule has 1 atom stereocenters. The van der Waals surface area contributed by atoms with E-state index >= 15 is 0 Å². The number of ether oxygens (including phenoxy) is 2. The number of hydrogen-bond acceptors (Lipinski definition) is 3. The molecule has 0 fully saturated rings. The second-order valence-corrected chi connectivity index (χ2v) is 3.78. The minimum atomic E-state index is -5.13. The topological polar surface area (TPSA) is 30.5 Å². The molecule has 114 valence electrons. The van der Waals surface area contributed by atoms with Crippen molar-refractivity contribution < 1.29 is 35.8 Å². The summed E-state index contributed by atoms with van der Waals surface area (Å²) in [6, 6.07) is 2.45. The van der Waals surface area contributed by atoms with Crippen LogP contribution in [0.2, 0.25) is 0 Å². The molecular formula is C11H11F6NO2. The molecule has 20 heavy (non-hydrogen) atoms. The van der Waals surface area contributed by atoms with E-state index in [-0.39, 0.29) is 5.56 Å². The Balaban J connectivity index is 3.29. The number of para-hydroxylation sites is 1. The molecule has 0 saturated carbocycles. The summed E-state index contributed by atoms with van der Waals surface area (Å²) in [4.78, 5) is 0. The monoisotopic (exact) mass is 303 g/mol. The van der Waals surface area contributed by atoms with E-state index in [4.69, 9.17) is 0 Å². The highest BCUT2D eigenvalue weighted by Crippen LogP contribution is 2.40. The van der Waals surface area contributed by atoms with E-state index in [1.165, 1.54) is 20.0 Å². The Kier molecular flexibility index (Phi) is 4.74. The van der Waals surface area contributed by atoms with Crippen molar-refractivity contribution in [3.63, 3.8) is 0 Å². The fourth-order valence-electron chi connectivity index (χ4n) is 1.46. The van der Waals surface area contributed by atoms with Crippen molar-refractivity contribution in [1.29, 1.82) is 0 Å². The highest BCUT2D eigenvalue weighted by molar-refractivity contribution is 5.48. The molecule has 0 saturated heterocycles. The first-order valence-electron chi connectivity index (χ1n) is 5.35. The molecule has 0 aliphatic heterocycles. The van der Waals surface area contributed by atoms with Gasteiger partial charge in [0.15, 0.2) is 11.5 Å². The second-order valence-electron chi connectivity index (χ2n) is 3.78. The van der Waals surface area contributed by atoms with Gasteiger partial charge in [-0.2, -0.15) is 0 Å². The van der Waals surface area contributed by atoms with Gasteiger partial charge in [-0.25, -0.2) is 0 Å². The molecule has 0 radical (unpaired) electrons. The molecule has 1 N–H and O–H groups in total. The van der Waals surface area contributed by atoms with Gasteiger partial charge in [0.05, 0.1) is 0 Å². The lowest BCUT2D eigenvalue weighted by Crippen LogP contribution is -2.23. The summed E-state index contributed by atoms with van der Waals surface area (Å²) in [6.45, 7) is 1.47. The van der Waals surface area contributed by atoms with E-state index < -0.39 is 30.3 Å². The molecule has 0 spiro atoms. The van der Waals surface area contributed by atoms with Gasteiger partial charge in [-0.1, -0.05) is 12.1 Å². The van der Waals surface area contributed by atoms with Crippen LogP contribution in [0.5, 0.6) is 11.5 Å². The molecule has 1 aromatic rings. The highest BCUT2D eigenvalue weighted by Gasteiger charge is 2.38. The Morgan fingerprint density at radius 1 is 1.00 bits per heavy atom.